The second-order valence-corrected chi connectivity index (χ2v) is 6.52. The number of hydrogen-bond acceptors (Lipinski definition) is 7. The van der Waals surface area contributed by atoms with Crippen molar-refractivity contribution in [3.05, 3.63) is 34.9 Å². The Morgan fingerprint density at radius 3 is 2.36 bits per heavy atom. The number of benzene rings is 1. The summed E-state index contributed by atoms with van der Waals surface area (Å²) in [6.07, 6.45) is 0.267. The Morgan fingerprint density at radius 2 is 1.84 bits per heavy atom. The maximum atomic E-state index is 12.5. The van der Waals surface area contributed by atoms with Crippen LogP contribution in [0.2, 0.25) is 5.02 Å². The second kappa shape index (κ2) is 6.65. The molecule has 0 unspecified atom stereocenters. The summed E-state index contributed by atoms with van der Waals surface area (Å²) < 4.78 is 14.9. The van der Waals surface area contributed by atoms with E-state index >= 15 is 0 Å². The fourth-order valence-corrected chi connectivity index (χ4v) is 3.87. The molecule has 0 aliphatic carbocycles. The van der Waals surface area contributed by atoms with E-state index in [4.69, 9.17) is 25.8 Å². The Kier molecular flexibility index (Phi) is 4.71. The first-order valence-electron chi connectivity index (χ1n) is 7.80. The highest BCUT2D eigenvalue weighted by molar-refractivity contribution is 6.30. The molecule has 1 N–H and O–H groups in total. The third-order valence-electron chi connectivity index (χ3n) is 4.91. The van der Waals surface area contributed by atoms with E-state index in [1.807, 2.05) is 0 Å². The van der Waals surface area contributed by atoms with E-state index < -0.39 is 41.3 Å². The van der Waals surface area contributed by atoms with Crippen molar-refractivity contribution < 1.29 is 28.6 Å². The number of carbonyl (C=O) groups is 3. The number of hydrogen-bond donors (Lipinski definition) is 1. The molecule has 2 saturated heterocycles. The number of ether oxygens (including phenoxy) is 3. The normalized spacial score (nSPS) is 31.0. The fourth-order valence-electron chi connectivity index (χ4n) is 3.75. The molecule has 1 aromatic rings. The summed E-state index contributed by atoms with van der Waals surface area (Å²) >= 11 is 5.93. The Balaban J connectivity index is 2.11. The average Bonchev–Trinajstić information content (AvgIpc) is 3.16. The van der Waals surface area contributed by atoms with Gasteiger partial charge in [0.05, 0.1) is 26.7 Å². The molecule has 0 aromatic heterocycles. The van der Waals surface area contributed by atoms with E-state index in [0.29, 0.717) is 10.6 Å². The fraction of sp³-hybridized carbons (Fsp3) is 0.471. The summed E-state index contributed by atoms with van der Waals surface area (Å²) in [7, 11) is 2.47. The predicted octanol–water partition coefficient (Wildman–Crippen LogP) is 1.25. The first kappa shape index (κ1) is 17.7. The van der Waals surface area contributed by atoms with Crippen LogP contribution in [0.3, 0.4) is 0 Å². The summed E-state index contributed by atoms with van der Waals surface area (Å²) in [5.74, 6) is -3.78. The van der Waals surface area contributed by atoms with Gasteiger partial charge in [0.15, 0.2) is 0 Å². The summed E-state index contributed by atoms with van der Waals surface area (Å²) in [5, 5.41) is 3.70. The van der Waals surface area contributed by atoms with Gasteiger partial charge in [-0.2, -0.15) is 0 Å². The molecule has 0 bridgehead atoms. The van der Waals surface area contributed by atoms with Gasteiger partial charge in [-0.05, 0) is 17.7 Å². The Hall–Kier alpha value is -2.12. The predicted molar refractivity (Wildman–Crippen MR) is 86.6 cm³/mol. The van der Waals surface area contributed by atoms with Gasteiger partial charge in [-0.1, -0.05) is 23.7 Å². The SMILES string of the molecule is COC(=O)[C@H]1[C@@H](c2ccc(Cl)cc2)N[C@]2(CCOC2=O)[C@H]1C(=O)OC. The van der Waals surface area contributed by atoms with Crippen LogP contribution in [0, 0.1) is 11.8 Å². The molecule has 0 saturated carbocycles. The summed E-state index contributed by atoms with van der Waals surface area (Å²) in [5.41, 5.74) is -0.596. The van der Waals surface area contributed by atoms with Crippen LogP contribution in [0.15, 0.2) is 24.3 Å². The summed E-state index contributed by atoms with van der Waals surface area (Å²) in [4.78, 5) is 37.4. The molecular weight excluding hydrogens is 350 g/mol. The lowest BCUT2D eigenvalue weighted by molar-refractivity contribution is -0.161. The highest BCUT2D eigenvalue weighted by Crippen LogP contribution is 2.48. The molecule has 25 heavy (non-hydrogen) atoms. The minimum Gasteiger partial charge on any atom is -0.469 e. The highest BCUT2D eigenvalue weighted by atomic mass is 35.5. The topological polar surface area (TPSA) is 90.9 Å². The van der Waals surface area contributed by atoms with Crippen molar-refractivity contribution >= 4 is 29.5 Å². The second-order valence-electron chi connectivity index (χ2n) is 6.08. The smallest absolute Gasteiger partial charge is 0.327 e. The molecule has 2 heterocycles. The number of carbonyl (C=O) groups excluding carboxylic acids is 3. The number of nitrogens with one attached hydrogen (secondary N) is 1. The third kappa shape index (κ3) is 2.77. The third-order valence-corrected chi connectivity index (χ3v) is 5.17. The van der Waals surface area contributed by atoms with Crippen molar-refractivity contribution in [1.29, 1.82) is 0 Å². The number of halogens is 1. The van der Waals surface area contributed by atoms with Gasteiger partial charge in [-0.15, -0.1) is 0 Å². The van der Waals surface area contributed by atoms with Crippen LogP contribution in [0.1, 0.15) is 18.0 Å². The Labute approximate surface area is 149 Å². The zero-order valence-corrected chi connectivity index (χ0v) is 14.5. The quantitative estimate of drug-likeness (QED) is 0.635. The first-order chi connectivity index (χ1) is 11.9. The van der Waals surface area contributed by atoms with Gasteiger partial charge in [-0.25, -0.2) is 0 Å². The number of cyclic esters (lactones) is 1. The minimum absolute atomic E-state index is 0.167. The molecule has 2 fully saturated rings. The lowest BCUT2D eigenvalue weighted by atomic mass is 9.77. The molecule has 2 aliphatic rings. The molecule has 134 valence electrons. The molecular formula is C17H18ClNO6. The summed E-state index contributed by atoms with van der Waals surface area (Å²) in [6.45, 7) is 0.167. The van der Waals surface area contributed by atoms with Gasteiger partial charge in [0.1, 0.15) is 11.5 Å². The van der Waals surface area contributed by atoms with Crippen molar-refractivity contribution in [2.45, 2.75) is 18.0 Å². The van der Waals surface area contributed by atoms with Crippen LogP contribution in [0.4, 0.5) is 0 Å². The molecule has 1 spiro atoms. The number of methoxy groups -OCH3 is 2. The van der Waals surface area contributed by atoms with E-state index in [2.05, 4.69) is 5.32 Å². The van der Waals surface area contributed by atoms with Gasteiger partial charge >= 0.3 is 17.9 Å². The van der Waals surface area contributed by atoms with Crippen molar-refractivity contribution in [1.82, 2.24) is 5.32 Å². The molecule has 0 radical (unpaired) electrons. The molecule has 1 aromatic carbocycles. The molecule has 3 rings (SSSR count). The van der Waals surface area contributed by atoms with Crippen molar-refractivity contribution in [2.75, 3.05) is 20.8 Å². The van der Waals surface area contributed by atoms with Gasteiger partial charge in [0.2, 0.25) is 0 Å². The van der Waals surface area contributed by atoms with Gasteiger partial charge in [0, 0.05) is 17.5 Å². The molecule has 2 aliphatic heterocycles. The van der Waals surface area contributed by atoms with Crippen LogP contribution in [-0.4, -0.2) is 44.3 Å². The largest absolute Gasteiger partial charge is 0.469 e. The lowest BCUT2D eigenvalue weighted by Crippen LogP contribution is -2.52. The number of esters is 3. The van der Waals surface area contributed by atoms with Gasteiger partial charge in [0.25, 0.3) is 0 Å². The monoisotopic (exact) mass is 367 g/mol. The zero-order chi connectivity index (χ0) is 18.2. The van der Waals surface area contributed by atoms with Crippen molar-refractivity contribution in [2.24, 2.45) is 11.8 Å². The Bertz CT molecular complexity index is 706. The summed E-state index contributed by atoms with van der Waals surface area (Å²) in [6, 6.07) is 6.22. The maximum Gasteiger partial charge on any atom is 0.327 e. The molecule has 7 nitrogen and oxygen atoms in total. The lowest BCUT2D eigenvalue weighted by Gasteiger charge is -2.26. The van der Waals surface area contributed by atoms with Crippen LogP contribution in [-0.2, 0) is 28.6 Å². The first-order valence-corrected chi connectivity index (χ1v) is 8.18. The van der Waals surface area contributed by atoms with Crippen LogP contribution >= 0.6 is 11.6 Å². The van der Waals surface area contributed by atoms with Crippen LogP contribution in [0.25, 0.3) is 0 Å². The van der Waals surface area contributed by atoms with E-state index in [-0.39, 0.29) is 13.0 Å². The van der Waals surface area contributed by atoms with E-state index in [0.717, 1.165) is 0 Å². The zero-order valence-electron chi connectivity index (χ0n) is 13.8. The van der Waals surface area contributed by atoms with Crippen molar-refractivity contribution in [3.63, 3.8) is 0 Å². The molecule has 8 heteroatoms. The molecule has 0 amide bonds. The van der Waals surface area contributed by atoms with E-state index in [1.54, 1.807) is 24.3 Å². The average molecular weight is 368 g/mol. The highest BCUT2D eigenvalue weighted by Gasteiger charge is 2.66. The maximum absolute atomic E-state index is 12.5. The van der Waals surface area contributed by atoms with Gasteiger partial charge in [-0.3, -0.25) is 19.7 Å². The molecule has 4 atom stereocenters. The van der Waals surface area contributed by atoms with Crippen LogP contribution in [0.5, 0.6) is 0 Å². The van der Waals surface area contributed by atoms with Crippen molar-refractivity contribution in [3.8, 4) is 0 Å². The Morgan fingerprint density at radius 1 is 1.20 bits per heavy atom. The number of rotatable bonds is 3. The van der Waals surface area contributed by atoms with Crippen LogP contribution < -0.4 is 5.32 Å². The minimum atomic E-state index is -1.31. The van der Waals surface area contributed by atoms with E-state index in [1.165, 1.54) is 14.2 Å². The van der Waals surface area contributed by atoms with Gasteiger partial charge < -0.3 is 14.2 Å². The van der Waals surface area contributed by atoms with E-state index in [9.17, 15) is 14.4 Å². The standard InChI is InChI=1S/C17H18ClNO6/c1-23-14(20)11-12(15(21)24-2)17(7-8-25-16(17)22)19-13(11)9-3-5-10(18)6-4-9/h3-6,11-13,19H,7-8H2,1-2H3/t11-,12-,13-,17-/m1/s1.